The van der Waals surface area contributed by atoms with Crippen molar-refractivity contribution in [3.05, 3.63) is 0 Å². The van der Waals surface area contributed by atoms with Gasteiger partial charge < -0.3 is 9.80 Å². The van der Waals surface area contributed by atoms with Crippen molar-refractivity contribution in [2.24, 2.45) is 11.3 Å². The van der Waals surface area contributed by atoms with E-state index in [0.29, 0.717) is 24.3 Å². The van der Waals surface area contributed by atoms with Crippen LogP contribution in [0, 0.1) is 11.3 Å². The third-order valence-corrected chi connectivity index (χ3v) is 6.31. The number of carbonyl (C=O) groups is 2. The minimum absolute atomic E-state index is 0.0398. The zero-order valence-corrected chi connectivity index (χ0v) is 14.7. The monoisotopic (exact) mass is 320 g/mol. The Morgan fingerprint density at radius 1 is 0.957 bits per heavy atom. The molecule has 1 saturated carbocycles. The molecule has 1 aliphatic carbocycles. The summed E-state index contributed by atoms with van der Waals surface area (Å²) >= 11 is 0. The lowest BCUT2D eigenvalue weighted by Gasteiger charge is -2.46. The molecule has 3 rings (SSSR count). The number of amides is 2. The molecular formula is C19H32N2O2. The molecule has 23 heavy (non-hydrogen) atoms. The van der Waals surface area contributed by atoms with E-state index >= 15 is 0 Å². The van der Waals surface area contributed by atoms with E-state index in [1.165, 1.54) is 38.5 Å². The maximum absolute atomic E-state index is 13.0. The van der Waals surface area contributed by atoms with Gasteiger partial charge in [-0.2, -0.15) is 0 Å². The fourth-order valence-corrected chi connectivity index (χ4v) is 4.99. The predicted octanol–water partition coefficient (Wildman–Crippen LogP) is 3.21. The van der Waals surface area contributed by atoms with E-state index in [9.17, 15) is 9.59 Å². The van der Waals surface area contributed by atoms with Crippen LogP contribution < -0.4 is 0 Å². The number of hydrogen-bond donors (Lipinski definition) is 0. The quantitative estimate of drug-likeness (QED) is 0.784. The Bertz CT molecular complexity index is 437. The number of rotatable bonds is 2. The summed E-state index contributed by atoms with van der Waals surface area (Å²) in [4.78, 5) is 29.0. The summed E-state index contributed by atoms with van der Waals surface area (Å²) in [5.74, 6) is 0.561. The van der Waals surface area contributed by atoms with Gasteiger partial charge in [-0.15, -0.1) is 0 Å². The lowest BCUT2D eigenvalue weighted by molar-refractivity contribution is -0.144. The predicted molar refractivity (Wildman–Crippen MR) is 90.9 cm³/mol. The first-order valence-electron chi connectivity index (χ1n) is 9.70. The maximum atomic E-state index is 13.0. The van der Waals surface area contributed by atoms with Crippen LogP contribution in [-0.2, 0) is 9.59 Å². The van der Waals surface area contributed by atoms with Crippen LogP contribution in [0.1, 0.15) is 71.1 Å². The van der Waals surface area contributed by atoms with Crippen LogP contribution in [0.15, 0.2) is 0 Å². The number of hydrogen-bond acceptors (Lipinski definition) is 2. The Labute approximate surface area is 140 Å². The van der Waals surface area contributed by atoms with Crippen LogP contribution in [0.5, 0.6) is 0 Å². The third-order valence-electron chi connectivity index (χ3n) is 6.31. The fraction of sp³-hybridized carbons (Fsp3) is 0.895. The second-order valence-corrected chi connectivity index (χ2v) is 7.96. The molecule has 2 aliphatic heterocycles. The third kappa shape index (κ3) is 3.72. The molecule has 0 aromatic carbocycles. The number of nitrogens with zero attached hydrogens (tertiary/aromatic N) is 2. The minimum Gasteiger partial charge on any atom is -0.342 e. The lowest BCUT2D eigenvalue weighted by atomic mass is 9.69. The average molecular weight is 320 g/mol. The molecule has 3 aliphatic rings. The van der Waals surface area contributed by atoms with Gasteiger partial charge in [0.2, 0.25) is 11.8 Å². The van der Waals surface area contributed by atoms with Crippen molar-refractivity contribution in [1.82, 2.24) is 9.80 Å². The summed E-state index contributed by atoms with van der Waals surface area (Å²) in [7, 11) is 0. The summed E-state index contributed by atoms with van der Waals surface area (Å²) in [6, 6.07) is 0. The first kappa shape index (κ1) is 16.8. The summed E-state index contributed by atoms with van der Waals surface area (Å²) in [5.41, 5.74) is 0.416. The molecule has 1 spiro atoms. The molecule has 3 fully saturated rings. The second kappa shape index (κ2) is 7.23. The van der Waals surface area contributed by atoms with Crippen molar-refractivity contribution in [3.8, 4) is 0 Å². The minimum atomic E-state index is 0.0398. The van der Waals surface area contributed by atoms with E-state index in [2.05, 4.69) is 4.90 Å². The maximum Gasteiger partial charge on any atom is 0.227 e. The normalized spacial score (nSPS) is 28.0. The standard InChI is InChI=1S/C19H32N2O2/c1-2-17(22)20-12-6-8-16(14-20)18(23)21-13-7-11-19(15-21)9-4-3-5-10-19/h16H,2-15H2,1H3. The SMILES string of the molecule is CCC(=O)N1CCCC(C(=O)N2CCCC3(CCCCC3)C2)C1. The van der Waals surface area contributed by atoms with E-state index < -0.39 is 0 Å². The van der Waals surface area contributed by atoms with Crippen molar-refractivity contribution < 1.29 is 9.59 Å². The van der Waals surface area contributed by atoms with Crippen LogP contribution in [-0.4, -0.2) is 47.8 Å². The highest BCUT2D eigenvalue weighted by Gasteiger charge is 2.40. The molecule has 0 radical (unpaired) electrons. The molecule has 1 unspecified atom stereocenters. The summed E-state index contributed by atoms with van der Waals surface area (Å²) in [6.07, 6.45) is 11.6. The highest BCUT2D eigenvalue weighted by Crippen LogP contribution is 2.43. The van der Waals surface area contributed by atoms with Gasteiger partial charge in [-0.3, -0.25) is 9.59 Å². The summed E-state index contributed by atoms with van der Waals surface area (Å²) in [5, 5.41) is 0. The molecular weight excluding hydrogens is 288 g/mol. The van der Waals surface area contributed by atoms with E-state index in [1.54, 1.807) is 0 Å². The Morgan fingerprint density at radius 2 is 1.65 bits per heavy atom. The molecule has 4 nitrogen and oxygen atoms in total. The highest BCUT2D eigenvalue weighted by atomic mass is 16.2. The molecule has 2 amide bonds. The Balaban J connectivity index is 1.61. The van der Waals surface area contributed by atoms with Gasteiger partial charge >= 0.3 is 0 Å². The van der Waals surface area contributed by atoms with Crippen LogP contribution >= 0.6 is 0 Å². The largest absolute Gasteiger partial charge is 0.342 e. The zero-order chi connectivity index (χ0) is 16.3. The molecule has 4 heteroatoms. The van der Waals surface area contributed by atoms with Gasteiger partial charge in [0.25, 0.3) is 0 Å². The second-order valence-electron chi connectivity index (χ2n) is 7.96. The van der Waals surface area contributed by atoms with E-state index in [-0.39, 0.29) is 11.8 Å². The van der Waals surface area contributed by atoms with Gasteiger partial charge in [-0.25, -0.2) is 0 Å². The van der Waals surface area contributed by atoms with Gasteiger partial charge in [0.05, 0.1) is 5.92 Å². The van der Waals surface area contributed by atoms with E-state index in [1.807, 2.05) is 11.8 Å². The summed E-state index contributed by atoms with van der Waals surface area (Å²) < 4.78 is 0. The average Bonchev–Trinajstić information content (AvgIpc) is 2.61. The lowest BCUT2D eigenvalue weighted by Crippen LogP contribution is -2.52. The Morgan fingerprint density at radius 3 is 2.39 bits per heavy atom. The van der Waals surface area contributed by atoms with Crippen molar-refractivity contribution in [1.29, 1.82) is 0 Å². The van der Waals surface area contributed by atoms with Crippen molar-refractivity contribution in [2.75, 3.05) is 26.2 Å². The molecule has 2 heterocycles. The van der Waals surface area contributed by atoms with Crippen molar-refractivity contribution >= 4 is 11.8 Å². The molecule has 2 saturated heterocycles. The van der Waals surface area contributed by atoms with E-state index in [0.717, 1.165) is 38.9 Å². The van der Waals surface area contributed by atoms with Crippen LogP contribution in [0.4, 0.5) is 0 Å². The number of piperidine rings is 2. The molecule has 1 atom stereocenters. The molecule has 0 aromatic heterocycles. The molecule has 0 bridgehead atoms. The molecule has 0 N–H and O–H groups in total. The first-order valence-corrected chi connectivity index (χ1v) is 9.70. The topological polar surface area (TPSA) is 40.6 Å². The van der Waals surface area contributed by atoms with E-state index in [4.69, 9.17) is 0 Å². The smallest absolute Gasteiger partial charge is 0.227 e. The van der Waals surface area contributed by atoms with Crippen molar-refractivity contribution in [2.45, 2.75) is 71.1 Å². The fourth-order valence-electron chi connectivity index (χ4n) is 4.99. The van der Waals surface area contributed by atoms with Gasteiger partial charge in [0, 0.05) is 32.6 Å². The van der Waals surface area contributed by atoms with Gasteiger partial charge in [-0.1, -0.05) is 26.2 Å². The Hall–Kier alpha value is -1.06. The van der Waals surface area contributed by atoms with Gasteiger partial charge in [0.1, 0.15) is 0 Å². The first-order chi connectivity index (χ1) is 11.1. The molecule has 130 valence electrons. The van der Waals surface area contributed by atoms with Gasteiger partial charge in [-0.05, 0) is 43.9 Å². The molecule has 0 aromatic rings. The van der Waals surface area contributed by atoms with Crippen LogP contribution in [0.2, 0.25) is 0 Å². The number of carbonyl (C=O) groups excluding carboxylic acids is 2. The Kier molecular flexibility index (Phi) is 5.27. The zero-order valence-electron chi connectivity index (χ0n) is 14.7. The summed E-state index contributed by atoms with van der Waals surface area (Å²) in [6.45, 7) is 5.30. The van der Waals surface area contributed by atoms with Crippen LogP contribution in [0.25, 0.3) is 0 Å². The van der Waals surface area contributed by atoms with Crippen molar-refractivity contribution in [3.63, 3.8) is 0 Å². The highest BCUT2D eigenvalue weighted by molar-refractivity contribution is 5.81. The van der Waals surface area contributed by atoms with Crippen LogP contribution in [0.3, 0.4) is 0 Å². The van der Waals surface area contributed by atoms with Gasteiger partial charge in [0.15, 0.2) is 0 Å². The number of likely N-dealkylation sites (tertiary alicyclic amines) is 2.